The molecule has 0 fully saturated rings. The highest BCUT2D eigenvalue weighted by Crippen LogP contribution is 2.31. The number of hydrogen-bond donors (Lipinski definition) is 1. The van der Waals surface area contributed by atoms with Crippen LogP contribution in [-0.4, -0.2) is 21.1 Å². The van der Waals surface area contributed by atoms with Crippen LogP contribution in [0.1, 0.15) is 32.0 Å². The number of thioether (sulfide) groups is 1. The molecule has 0 amide bonds. The van der Waals surface area contributed by atoms with E-state index < -0.39 is 0 Å². The van der Waals surface area contributed by atoms with Gasteiger partial charge in [0.15, 0.2) is 0 Å². The van der Waals surface area contributed by atoms with Gasteiger partial charge in [0, 0.05) is 16.9 Å². The molecule has 0 saturated heterocycles. The maximum Gasteiger partial charge on any atom is 0.104 e. The van der Waals surface area contributed by atoms with Crippen molar-refractivity contribution in [1.82, 2.24) is 9.78 Å². The summed E-state index contributed by atoms with van der Waals surface area (Å²) in [6, 6.07) is 10.4. The van der Waals surface area contributed by atoms with Crippen LogP contribution >= 0.6 is 11.8 Å². The summed E-state index contributed by atoms with van der Waals surface area (Å²) in [4.78, 5) is 0. The monoisotopic (exact) mass is 289 g/mol. The Kier molecular flexibility index (Phi) is 4.89. The number of para-hydroxylation sites is 1. The summed E-state index contributed by atoms with van der Waals surface area (Å²) in [5.74, 6) is 0. The van der Waals surface area contributed by atoms with Gasteiger partial charge < -0.3 is 5.73 Å². The number of hydrogen-bond acceptors (Lipinski definition) is 3. The van der Waals surface area contributed by atoms with E-state index in [9.17, 15) is 0 Å². The van der Waals surface area contributed by atoms with Crippen LogP contribution in [0.4, 0.5) is 0 Å². The smallest absolute Gasteiger partial charge is 0.104 e. The number of aryl methyl sites for hydroxylation is 1. The maximum atomic E-state index is 5.99. The fraction of sp³-hybridized carbons (Fsp3) is 0.438. The number of rotatable bonds is 5. The molecule has 1 aromatic heterocycles. The molecule has 1 aromatic carbocycles. The van der Waals surface area contributed by atoms with Gasteiger partial charge in [-0.1, -0.05) is 32.0 Å². The first-order valence-electron chi connectivity index (χ1n) is 7.05. The average Bonchev–Trinajstić information content (AvgIpc) is 2.67. The first kappa shape index (κ1) is 15.1. The Bertz CT molecular complexity index is 559. The molecule has 2 N–H and O–H groups in total. The normalized spacial score (nSPS) is 12.9. The van der Waals surface area contributed by atoms with Crippen LogP contribution in [0, 0.1) is 6.92 Å². The second kappa shape index (κ2) is 6.46. The standard InChI is InChI=1S/C16H23N3S/c1-11(2)20-16-15(10-12(3)17)13(4)18-19(16)14-8-6-5-7-9-14/h5-9,11-12H,10,17H2,1-4H3. The number of nitrogens with two attached hydrogens (primary N) is 1. The Labute approximate surface area is 125 Å². The lowest BCUT2D eigenvalue weighted by Crippen LogP contribution is -2.18. The van der Waals surface area contributed by atoms with Crippen molar-refractivity contribution in [2.75, 3.05) is 0 Å². The molecule has 0 aliphatic heterocycles. The van der Waals surface area contributed by atoms with Crippen molar-refractivity contribution < 1.29 is 0 Å². The molecule has 0 aliphatic carbocycles. The molecule has 2 aromatic rings. The molecule has 0 bridgehead atoms. The van der Waals surface area contributed by atoms with Gasteiger partial charge in [0.2, 0.25) is 0 Å². The average molecular weight is 289 g/mol. The fourth-order valence-corrected chi connectivity index (χ4v) is 3.25. The van der Waals surface area contributed by atoms with E-state index in [4.69, 9.17) is 10.8 Å². The Morgan fingerprint density at radius 2 is 1.85 bits per heavy atom. The van der Waals surface area contributed by atoms with E-state index >= 15 is 0 Å². The van der Waals surface area contributed by atoms with E-state index in [2.05, 4.69) is 37.6 Å². The molecule has 4 heteroatoms. The summed E-state index contributed by atoms with van der Waals surface area (Å²) >= 11 is 1.85. The van der Waals surface area contributed by atoms with Crippen LogP contribution in [-0.2, 0) is 6.42 Å². The summed E-state index contributed by atoms with van der Waals surface area (Å²) in [7, 11) is 0. The maximum absolute atomic E-state index is 5.99. The van der Waals surface area contributed by atoms with E-state index in [1.165, 1.54) is 10.6 Å². The Balaban J connectivity index is 2.51. The van der Waals surface area contributed by atoms with Crippen LogP contribution in [0.15, 0.2) is 35.4 Å². The SMILES string of the molecule is Cc1nn(-c2ccccc2)c(SC(C)C)c1CC(C)N. The Morgan fingerprint density at radius 1 is 1.20 bits per heavy atom. The molecule has 1 heterocycles. The number of aromatic nitrogens is 2. The molecule has 0 radical (unpaired) electrons. The van der Waals surface area contributed by atoms with Crippen molar-refractivity contribution in [3.05, 3.63) is 41.6 Å². The van der Waals surface area contributed by atoms with Gasteiger partial charge in [0.25, 0.3) is 0 Å². The minimum absolute atomic E-state index is 0.147. The van der Waals surface area contributed by atoms with Crippen molar-refractivity contribution in [3.8, 4) is 5.69 Å². The lowest BCUT2D eigenvalue weighted by atomic mass is 10.1. The molecule has 0 spiro atoms. The van der Waals surface area contributed by atoms with Gasteiger partial charge in [-0.2, -0.15) is 5.10 Å². The lowest BCUT2D eigenvalue weighted by molar-refractivity contribution is 0.718. The molecule has 2 rings (SSSR count). The Morgan fingerprint density at radius 3 is 2.40 bits per heavy atom. The molecule has 108 valence electrons. The largest absolute Gasteiger partial charge is 0.328 e. The minimum Gasteiger partial charge on any atom is -0.328 e. The first-order valence-corrected chi connectivity index (χ1v) is 7.93. The van der Waals surface area contributed by atoms with Gasteiger partial charge in [0.05, 0.1) is 11.4 Å². The van der Waals surface area contributed by atoms with Gasteiger partial charge in [0.1, 0.15) is 5.03 Å². The zero-order chi connectivity index (χ0) is 14.7. The van der Waals surface area contributed by atoms with Gasteiger partial charge >= 0.3 is 0 Å². The molecule has 0 aliphatic rings. The fourth-order valence-electron chi connectivity index (χ4n) is 2.18. The first-order chi connectivity index (χ1) is 9.49. The predicted octanol–water partition coefficient (Wildman–Crippen LogP) is 3.57. The van der Waals surface area contributed by atoms with E-state index in [0.717, 1.165) is 17.8 Å². The molecule has 1 atom stereocenters. The van der Waals surface area contributed by atoms with E-state index in [1.54, 1.807) is 0 Å². The third-order valence-corrected chi connectivity index (χ3v) is 4.13. The van der Waals surface area contributed by atoms with E-state index in [0.29, 0.717) is 5.25 Å². The molecular weight excluding hydrogens is 266 g/mol. The zero-order valence-corrected chi connectivity index (χ0v) is 13.4. The molecule has 1 unspecified atom stereocenters. The second-order valence-electron chi connectivity index (χ2n) is 5.46. The van der Waals surface area contributed by atoms with Crippen LogP contribution in [0.5, 0.6) is 0 Å². The second-order valence-corrected chi connectivity index (χ2v) is 7.03. The van der Waals surface area contributed by atoms with Gasteiger partial charge in [-0.3, -0.25) is 0 Å². The molecule has 20 heavy (non-hydrogen) atoms. The minimum atomic E-state index is 0.147. The molecule has 0 saturated carbocycles. The van der Waals surface area contributed by atoms with Crippen LogP contribution in [0.3, 0.4) is 0 Å². The van der Waals surface area contributed by atoms with Crippen LogP contribution < -0.4 is 5.73 Å². The molecular formula is C16H23N3S. The molecule has 3 nitrogen and oxygen atoms in total. The van der Waals surface area contributed by atoms with Crippen molar-refractivity contribution in [2.45, 2.75) is 50.4 Å². The summed E-state index contributed by atoms with van der Waals surface area (Å²) < 4.78 is 2.05. The number of benzene rings is 1. The summed E-state index contributed by atoms with van der Waals surface area (Å²) in [6.45, 7) is 8.53. The zero-order valence-electron chi connectivity index (χ0n) is 12.6. The number of nitrogens with zero attached hydrogens (tertiary/aromatic N) is 2. The highest BCUT2D eigenvalue weighted by Gasteiger charge is 2.18. The third-order valence-electron chi connectivity index (χ3n) is 3.01. The highest BCUT2D eigenvalue weighted by molar-refractivity contribution is 7.99. The quantitative estimate of drug-likeness (QED) is 0.856. The Hall–Kier alpha value is -1.26. The van der Waals surface area contributed by atoms with Crippen molar-refractivity contribution >= 4 is 11.8 Å². The van der Waals surface area contributed by atoms with Gasteiger partial charge in [-0.05, 0) is 32.4 Å². The van der Waals surface area contributed by atoms with Crippen LogP contribution in [0.2, 0.25) is 0 Å². The van der Waals surface area contributed by atoms with E-state index in [-0.39, 0.29) is 6.04 Å². The topological polar surface area (TPSA) is 43.8 Å². The van der Waals surface area contributed by atoms with E-state index in [1.807, 2.05) is 36.9 Å². The summed E-state index contributed by atoms with van der Waals surface area (Å²) in [5, 5.41) is 6.46. The van der Waals surface area contributed by atoms with Crippen molar-refractivity contribution in [3.63, 3.8) is 0 Å². The third kappa shape index (κ3) is 3.44. The van der Waals surface area contributed by atoms with Gasteiger partial charge in [-0.15, -0.1) is 11.8 Å². The van der Waals surface area contributed by atoms with Crippen LogP contribution in [0.25, 0.3) is 5.69 Å². The van der Waals surface area contributed by atoms with Crippen molar-refractivity contribution in [2.24, 2.45) is 5.73 Å². The summed E-state index contributed by atoms with van der Waals surface area (Å²) in [6.07, 6.45) is 0.869. The summed E-state index contributed by atoms with van der Waals surface area (Å²) in [5.41, 5.74) is 9.46. The predicted molar refractivity (Wildman–Crippen MR) is 86.6 cm³/mol. The van der Waals surface area contributed by atoms with Gasteiger partial charge in [-0.25, -0.2) is 4.68 Å². The van der Waals surface area contributed by atoms with Crippen molar-refractivity contribution in [1.29, 1.82) is 0 Å². The highest BCUT2D eigenvalue weighted by atomic mass is 32.2. The lowest BCUT2D eigenvalue weighted by Gasteiger charge is -2.12.